The van der Waals surface area contributed by atoms with E-state index in [0.717, 1.165) is 10.5 Å². The molecule has 0 spiro atoms. The molecule has 0 unspecified atom stereocenters. The van der Waals surface area contributed by atoms with Crippen molar-refractivity contribution in [2.45, 2.75) is 6.61 Å². The van der Waals surface area contributed by atoms with Crippen LogP contribution in [-0.2, 0) is 16.2 Å². The minimum Gasteiger partial charge on any atom is -0.489 e. The minimum absolute atomic E-state index is 0.121. The number of imide groups is 2. The fourth-order valence-corrected chi connectivity index (χ4v) is 3.27. The standard InChI is InChI=1S/C24H17ClN2O4/c25-21-9-5-4-8-17(21)15-31-19-12-10-18(11-13-19)27-23(29)20(22(28)26-24(27)30)14-16-6-2-1-3-7-16/h1-14H,15H2,(H,26,28,30)/b20-14+. The third-order valence-corrected chi connectivity index (χ3v) is 5.03. The predicted molar refractivity (Wildman–Crippen MR) is 118 cm³/mol. The number of carbonyl (C=O) groups is 3. The number of halogens is 1. The molecule has 1 heterocycles. The van der Waals surface area contributed by atoms with E-state index < -0.39 is 17.8 Å². The molecule has 7 heteroatoms. The molecule has 0 aromatic heterocycles. The molecule has 1 N–H and O–H groups in total. The fourth-order valence-electron chi connectivity index (χ4n) is 3.08. The van der Waals surface area contributed by atoms with E-state index in [1.54, 1.807) is 54.6 Å². The number of urea groups is 1. The highest BCUT2D eigenvalue weighted by Crippen LogP contribution is 2.25. The molecule has 1 saturated heterocycles. The van der Waals surface area contributed by atoms with Crippen molar-refractivity contribution >= 4 is 41.2 Å². The predicted octanol–water partition coefficient (Wildman–Crippen LogP) is 4.59. The highest BCUT2D eigenvalue weighted by atomic mass is 35.5. The molecule has 1 fully saturated rings. The van der Waals surface area contributed by atoms with Crippen LogP contribution < -0.4 is 15.0 Å². The first kappa shape index (κ1) is 20.4. The maximum atomic E-state index is 12.9. The normalized spacial score (nSPS) is 15.2. The van der Waals surface area contributed by atoms with Gasteiger partial charge in [-0.1, -0.05) is 60.1 Å². The number of ether oxygens (including phenoxy) is 1. The van der Waals surface area contributed by atoms with Crippen molar-refractivity contribution in [3.8, 4) is 5.75 Å². The van der Waals surface area contributed by atoms with Crippen LogP contribution in [0.5, 0.6) is 5.75 Å². The quantitative estimate of drug-likeness (QED) is 0.472. The number of rotatable bonds is 5. The summed E-state index contributed by atoms with van der Waals surface area (Å²) in [6.07, 6.45) is 1.46. The van der Waals surface area contributed by atoms with E-state index in [9.17, 15) is 14.4 Å². The van der Waals surface area contributed by atoms with Crippen molar-refractivity contribution in [2.24, 2.45) is 0 Å². The highest BCUT2D eigenvalue weighted by molar-refractivity contribution is 6.39. The van der Waals surface area contributed by atoms with Gasteiger partial charge in [0.1, 0.15) is 17.9 Å². The lowest BCUT2D eigenvalue weighted by molar-refractivity contribution is -0.122. The lowest BCUT2D eigenvalue weighted by Gasteiger charge is -2.26. The Morgan fingerprint density at radius 1 is 0.871 bits per heavy atom. The van der Waals surface area contributed by atoms with Gasteiger partial charge in [0.2, 0.25) is 0 Å². The van der Waals surface area contributed by atoms with Crippen LogP contribution in [0.1, 0.15) is 11.1 Å². The summed E-state index contributed by atoms with van der Waals surface area (Å²) in [4.78, 5) is 38.4. The molecule has 1 aliphatic heterocycles. The number of barbiturate groups is 1. The molecule has 3 aromatic rings. The average Bonchev–Trinajstić information content (AvgIpc) is 2.77. The molecule has 0 atom stereocenters. The molecule has 0 aliphatic carbocycles. The van der Waals surface area contributed by atoms with Crippen LogP contribution in [0.3, 0.4) is 0 Å². The number of anilines is 1. The summed E-state index contributed by atoms with van der Waals surface area (Å²) in [5, 5.41) is 2.82. The lowest BCUT2D eigenvalue weighted by Crippen LogP contribution is -2.54. The Balaban J connectivity index is 1.53. The van der Waals surface area contributed by atoms with Crippen LogP contribution in [0.25, 0.3) is 6.08 Å². The van der Waals surface area contributed by atoms with Gasteiger partial charge in [-0.05, 0) is 42.0 Å². The molecule has 0 radical (unpaired) electrons. The summed E-state index contributed by atoms with van der Waals surface area (Å²) in [5.41, 5.74) is 1.72. The molecular formula is C24H17ClN2O4. The zero-order chi connectivity index (χ0) is 21.8. The molecule has 3 aromatic carbocycles. The van der Waals surface area contributed by atoms with Crippen LogP contribution in [-0.4, -0.2) is 17.8 Å². The molecule has 6 nitrogen and oxygen atoms in total. The maximum Gasteiger partial charge on any atom is 0.335 e. The SMILES string of the molecule is O=C1NC(=O)N(c2ccc(OCc3ccccc3Cl)cc2)C(=O)/C1=C/c1ccccc1. The topological polar surface area (TPSA) is 75.7 Å². The smallest absolute Gasteiger partial charge is 0.335 e. The largest absolute Gasteiger partial charge is 0.489 e. The van der Waals surface area contributed by atoms with E-state index in [4.69, 9.17) is 16.3 Å². The second-order valence-electron chi connectivity index (χ2n) is 6.74. The van der Waals surface area contributed by atoms with Crippen LogP contribution >= 0.6 is 11.6 Å². The van der Waals surface area contributed by atoms with Crippen LogP contribution in [0.2, 0.25) is 5.02 Å². The third kappa shape index (κ3) is 4.49. The molecule has 0 saturated carbocycles. The van der Waals surface area contributed by atoms with Crippen LogP contribution in [0.4, 0.5) is 10.5 Å². The summed E-state index contributed by atoms with van der Waals surface area (Å²) < 4.78 is 5.73. The number of benzene rings is 3. The number of hydrogen-bond acceptors (Lipinski definition) is 4. The van der Waals surface area contributed by atoms with Gasteiger partial charge in [0.25, 0.3) is 11.8 Å². The summed E-state index contributed by atoms with van der Waals surface area (Å²) >= 11 is 6.13. The highest BCUT2D eigenvalue weighted by Gasteiger charge is 2.36. The first-order valence-corrected chi connectivity index (χ1v) is 9.83. The Labute approximate surface area is 183 Å². The second-order valence-corrected chi connectivity index (χ2v) is 7.15. The monoisotopic (exact) mass is 432 g/mol. The molecule has 0 bridgehead atoms. The van der Waals surface area contributed by atoms with Gasteiger partial charge in [0.05, 0.1) is 5.69 Å². The molecule has 1 aliphatic rings. The van der Waals surface area contributed by atoms with Gasteiger partial charge < -0.3 is 4.74 Å². The van der Waals surface area contributed by atoms with Crippen molar-refractivity contribution in [3.05, 3.63) is 101 Å². The third-order valence-electron chi connectivity index (χ3n) is 4.66. The minimum atomic E-state index is -0.801. The van der Waals surface area contributed by atoms with Crippen molar-refractivity contribution < 1.29 is 19.1 Å². The van der Waals surface area contributed by atoms with Crippen molar-refractivity contribution in [1.29, 1.82) is 0 Å². The zero-order valence-corrected chi connectivity index (χ0v) is 17.0. The number of nitrogens with zero attached hydrogens (tertiary/aromatic N) is 1. The van der Waals surface area contributed by atoms with Crippen molar-refractivity contribution in [2.75, 3.05) is 4.90 Å². The van der Waals surface area contributed by atoms with E-state index >= 15 is 0 Å². The average molecular weight is 433 g/mol. The van der Waals surface area contributed by atoms with Crippen LogP contribution in [0, 0.1) is 0 Å². The summed E-state index contributed by atoms with van der Waals surface area (Å²) in [5.74, 6) is -0.873. The maximum absolute atomic E-state index is 12.9. The van der Waals surface area contributed by atoms with Gasteiger partial charge in [0.15, 0.2) is 0 Å². The van der Waals surface area contributed by atoms with E-state index in [1.165, 1.54) is 6.08 Å². The Hall–Kier alpha value is -3.90. The zero-order valence-electron chi connectivity index (χ0n) is 16.2. The Bertz CT molecular complexity index is 1170. The van der Waals surface area contributed by atoms with Gasteiger partial charge in [0, 0.05) is 10.6 Å². The molecular weight excluding hydrogens is 416 g/mol. The van der Waals surface area contributed by atoms with Gasteiger partial charge in [-0.25, -0.2) is 9.69 Å². The first-order chi connectivity index (χ1) is 15.0. The fraction of sp³-hybridized carbons (Fsp3) is 0.0417. The summed E-state index contributed by atoms with van der Waals surface area (Å²) in [6, 6.07) is 21.9. The number of carbonyl (C=O) groups excluding carboxylic acids is 3. The van der Waals surface area contributed by atoms with E-state index in [0.29, 0.717) is 22.0 Å². The van der Waals surface area contributed by atoms with Gasteiger partial charge in [-0.2, -0.15) is 0 Å². The Morgan fingerprint density at radius 2 is 1.55 bits per heavy atom. The number of nitrogens with one attached hydrogen (secondary N) is 1. The number of amides is 4. The van der Waals surface area contributed by atoms with Gasteiger partial charge in [-0.3, -0.25) is 14.9 Å². The van der Waals surface area contributed by atoms with Crippen molar-refractivity contribution in [3.63, 3.8) is 0 Å². The Kier molecular flexibility index (Phi) is 5.82. The van der Waals surface area contributed by atoms with E-state index in [-0.39, 0.29) is 12.2 Å². The van der Waals surface area contributed by atoms with Crippen LogP contribution in [0.15, 0.2) is 84.4 Å². The number of hydrogen-bond donors (Lipinski definition) is 1. The molecule has 4 amide bonds. The molecule has 154 valence electrons. The molecule has 4 rings (SSSR count). The van der Waals surface area contributed by atoms with Crippen molar-refractivity contribution in [1.82, 2.24) is 5.32 Å². The first-order valence-electron chi connectivity index (χ1n) is 9.46. The van der Waals surface area contributed by atoms with Gasteiger partial charge >= 0.3 is 6.03 Å². The Morgan fingerprint density at radius 3 is 2.26 bits per heavy atom. The summed E-state index contributed by atoms with van der Waals surface area (Å²) in [7, 11) is 0. The molecule has 31 heavy (non-hydrogen) atoms. The summed E-state index contributed by atoms with van der Waals surface area (Å²) in [6.45, 7) is 0.278. The lowest BCUT2D eigenvalue weighted by atomic mass is 10.1. The van der Waals surface area contributed by atoms with E-state index in [1.807, 2.05) is 24.3 Å². The second kappa shape index (κ2) is 8.85. The van der Waals surface area contributed by atoms with E-state index in [2.05, 4.69) is 5.32 Å². The van der Waals surface area contributed by atoms with Gasteiger partial charge in [-0.15, -0.1) is 0 Å².